The van der Waals surface area contributed by atoms with Gasteiger partial charge in [-0.15, -0.1) is 0 Å². The van der Waals surface area contributed by atoms with Gasteiger partial charge in [-0.2, -0.15) is 0 Å². The Morgan fingerprint density at radius 1 is 1.38 bits per heavy atom. The molecule has 0 amide bonds. The van der Waals surface area contributed by atoms with Crippen molar-refractivity contribution in [2.24, 2.45) is 0 Å². The predicted octanol–water partition coefficient (Wildman–Crippen LogP) is 1.85. The Morgan fingerprint density at radius 3 is 2.88 bits per heavy atom. The van der Waals surface area contributed by atoms with E-state index in [9.17, 15) is 9.59 Å². The van der Waals surface area contributed by atoms with Crippen LogP contribution in [0.3, 0.4) is 0 Å². The van der Waals surface area contributed by atoms with Gasteiger partial charge in [-0.3, -0.25) is 9.59 Å². The van der Waals surface area contributed by atoms with Crippen LogP contribution in [0, 0.1) is 0 Å². The molecule has 0 aromatic heterocycles. The van der Waals surface area contributed by atoms with E-state index in [0.29, 0.717) is 6.42 Å². The number of hydrogen-bond donors (Lipinski definition) is 0. The first-order chi connectivity index (χ1) is 7.72. The highest BCUT2D eigenvalue weighted by molar-refractivity contribution is 5.91. The number of benzene rings is 1. The first-order valence-corrected chi connectivity index (χ1v) is 5.39. The molecule has 1 aliphatic carbocycles. The van der Waals surface area contributed by atoms with Crippen LogP contribution in [0.4, 0.5) is 0 Å². The zero-order valence-corrected chi connectivity index (χ0v) is 9.23. The minimum absolute atomic E-state index is 0.143. The summed E-state index contributed by atoms with van der Waals surface area (Å²) in [5.74, 6) is -0.489. The SMILES string of the molecule is COC(=O)CC1C(=O)CCc2ccccc21. The molecule has 1 aromatic carbocycles. The lowest BCUT2D eigenvalue weighted by molar-refractivity contribution is -0.142. The van der Waals surface area contributed by atoms with Crippen LogP contribution in [0.5, 0.6) is 0 Å². The number of Topliss-reactive ketones (excluding diaryl/α,β-unsaturated/α-hetero) is 1. The van der Waals surface area contributed by atoms with Crippen molar-refractivity contribution in [3.05, 3.63) is 35.4 Å². The molecule has 0 heterocycles. The fourth-order valence-corrected chi connectivity index (χ4v) is 2.18. The van der Waals surface area contributed by atoms with E-state index in [2.05, 4.69) is 4.74 Å². The molecule has 2 rings (SSSR count). The van der Waals surface area contributed by atoms with E-state index in [1.807, 2.05) is 24.3 Å². The molecule has 0 radical (unpaired) electrons. The zero-order chi connectivity index (χ0) is 11.5. The maximum absolute atomic E-state index is 11.8. The molecular formula is C13H14O3. The van der Waals surface area contributed by atoms with Gasteiger partial charge in [-0.1, -0.05) is 24.3 Å². The normalized spacial score (nSPS) is 19.1. The van der Waals surface area contributed by atoms with Gasteiger partial charge in [-0.25, -0.2) is 0 Å². The standard InChI is InChI=1S/C13H14O3/c1-16-13(15)8-11-10-5-3-2-4-9(10)6-7-12(11)14/h2-5,11H,6-8H2,1H3. The highest BCUT2D eigenvalue weighted by Crippen LogP contribution is 2.31. The van der Waals surface area contributed by atoms with Gasteiger partial charge in [0.05, 0.1) is 19.4 Å². The molecule has 0 aliphatic heterocycles. The summed E-state index contributed by atoms with van der Waals surface area (Å²) in [4.78, 5) is 23.1. The maximum Gasteiger partial charge on any atom is 0.306 e. The molecule has 1 aliphatic rings. The molecule has 1 aromatic rings. The van der Waals surface area contributed by atoms with Crippen LogP contribution < -0.4 is 0 Å². The number of hydrogen-bond acceptors (Lipinski definition) is 3. The second-order valence-electron chi connectivity index (χ2n) is 4.00. The third-order valence-electron chi connectivity index (χ3n) is 3.06. The fraction of sp³-hybridized carbons (Fsp3) is 0.385. The second kappa shape index (κ2) is 4.47. The zero-order valence-electron chi connectivity index (χ0n) is 9.23. The summed E-state index contributed by atoms with van der Waals surface area (Å²) in [6.45, 7) is 0. The summed E-state index contributed by atoms with van der Waals surface area (Å²) in [6.07, 6.45) is 1.47. The summed E-state index contributed by atoms with van der Waals surface area (Å²) in [7, 11) is 1.35. The molecule has 16 heavy (non-hydrogen) atoms. The van der Waals surface area contributed by atoms with Crippen molar-refractivity contribution in [2.45, 2.75) is 25.2 Å². The number of carbonyl (C=O) groups is 2. The van der Waals surface area contributed by atoms with Gasteiger partial charge in [0.1, 0.15) is 5.78 Å². The lowest BCUT2D eigenvalue weighted by Gasteiger charge is -2.23. The van der Waals surface area contributed by atoms with Crippen molar-refractivity contribution in [3.63, 3.8) is 0 Å². The smallest absolute Gasteiger partial charge is 0.306 e. The summed E-state index contributed by atoms with van der Waals surface area (Å²) in [5, 5.41) is 0. The Kier molecular flexibility index (Phi) is 3.04. The van der Waals surface area contributed by atoms with Crippen LogP contribution in [0.1, 0.15) is 29.9 Å². The monoisotopic (exact) mass is 218 g/mol. The van der Waals surface area contributed by atoms with Gasteiger partial charge in [0.25, 0.3) is 0 Å². The molecule has 0 saturated heterocycles. The third kappa shape index (κ3) is 1.98. The van der Waals surface area contributed by atoms with E-state index in [0.717, 1.165) is 12.0 Å². The van der Waals surface area contributed by atoms with E-state index in [1.165, 1.54) is 12.7 Å². The number of rotatable bonds is 2. The van der Waals surface area contributed by atoms with Crippen LogP contribution in [-0.2, 0) is 20.7 Å². The van der Waals surface area contributed by atoms with E-state index in [4.69, 9.17) is 0 Å². The first-order valence-electron chi connectivity index (χ1n) is 5.39. The molecule has 0 N–H and O–H groups in total. The van der Waals surface area contributed by atoms with Crippen LogP contribution in [-0.4, -0.2) is 18.9 Å². The molecule has 0 fully saturated rings. The van der Waals surface area contributed by atoms with Crippen molar-refractivity contribution in [1.29, 1.82) is 0 Å². The summed E-state index contributed by atoms with van der Waals surface area (Å²) < 4.78 is 4.63. The van der Waals surface area contributed by atoms with E-state index in [-0.39, 0.29) is 24.1 Å². The highest BCUT2D eigenvalue weighted by Gasteiger charge is 2.29. The summed E-state index contributed by atoms with van der Waals surface area (Å²) in [6, 6.07) is 7.82. The molecule has 0 bridgehead atoms. The number of esters is 1. The van der Waals surface area contributed by atoms with Gasteiger partial charge in [0, 0.05) is 6.42 Å². The molecule has 3 nitrogen and oxygen atoms in total. The molecule has 1 unspecified atom stereocenters. The number of ketones is 1. The fourth-order valence-electron chi connectivity index (χ4n) is 2.18. The summed E-state index contributed by atoms with van der Waals surface area (Å²) in [5.41, 5.74) is 2.17. The van der Waals surface area contributed by atoms with Crippen molar-refractivity contribution < 1.29 is 14.3 Å². The summed E-state index contributed by atoms with van der Waals surface area (Å²) >= 11 is 0. The number of fused-ring (bicyclic) bond motifs is 1. The first kappa shape index (κ1) is 10.9. The molecule has 1 atom stereocenters. The van der Waals surface area contributed by atoms with Crippen LogP contribution >= 0.6 is 0 Å². The lowest BCUT2D eigenvalue weighted by Crippen LogP contribution is -2.23. The van der Waals surface area contributed by atoms with Crippen molar-refractivity contribution in [2.75, 3.05) is 7.11 Å². The average Bonchev–Trinajstić information content (AvgIpc) is 2.32. The van der Waals surface area contributed by atoms with Gasteiger partial charge >= 0.3 is 5.97 Å². The number of aryl methyl sites for hydroxylation is 1. The molecule has 3 heteroatoms. The topological polar surface area (TPSA) is 43.4 Å². The Bertz CT molecular complexity index is 423. The van der Waals surface area contributed by atoms with Gasteiger partial charge < -0.3 is 4.74 Å². The second-order valence-corrected chi connectivity index (χ2v) is 4.00. The minimum atomic E-state index is -0.324. The average molecular weight is 218 g/mol. The van der Waals surface area contributed by atoms with Crippen molar-refractivity contribution >= 4 is 11.8 Å². The Morgan fingerprint density at radius 2 is 2.12 bits per heavy atom. The minimum Gasteiger partial charge on any atom is -0.469 e. The van der Waals surface area contributed by atoms with Gasteiger partial charge in [-0.05, 0) is 17.5 Å². The quantitative estimate of drug-likeness (QED) is 0.711. The lowest BCUT2D eigenvalue weighted by atomic mass is 9.80. The molecule has 84 valence electrons. The van der Waals surface area contributed by atoms with Crippen LogP contribution in [0.25, 0.3) is 0 Å². The Labute approximate surface area is 94.4 Å². The van der Waals surface area contributed by atoms with Crippen molar-refractivity contribution in [3.8, 4) is 0 Å². The number of carbonyl (C=O) groups excluding carboxylic acids is 2. The van der Waals surface area contributed by atoms with E-state index < -0.39 is 0 Å². The Balaban J connectivity index is 2.29. The molecule has 0 saturated carbocycles. The molecular weight excluding hydrogens is 204 g/mol. The predicted molar refractivity (Wildman–Crippen MR) is 59.1 cm³/mol. The molecule has 0 spiro atoms. The number of ether oxygens (including phenoxy) is 1. The third-order valence-corrected chi connectivity index (χ3v) is 3.06. The highest BCUT2D eigenvalue weighted by atomic mass is 16.5. The van der Waals surface area contributed by atoms with Crippen LogP contribution in [0.15, 0.2) is 24.3 Å². The van der Waals surface area contributed by atoms with Gasteiger partial charge in [0.15, 0.2) is 0 Å². The van der Waals surface area contributed by atoms with Crippen molar-refractivity contribution in [1.82, 2.24) is 0 Å². The van der Waals surface area contributed by atoms with Crippen LogP contribution in [0.2, 0.25) is 0 Å². The largest absolute Gasteiger partial charge is 0.469 e. The van der Waals surface area contributed by atoms with E-state index >= 15 is 0 Å². The Hall–Kier alpha value is -1.64. The van der Waals surface area contributed by atoms with E-state index in [1.54, 1.807) is 0 Å². The maximum atomic E-state index is 11.8. The number of methoxy groups -OCH3 is 1. The van der Waals surface area contributed by atoms with Gasteiger partial charge in [0.2, 0.25) is 0 Å².